The molecule has 12 heavy (non-hydrogen) atoms. The monoisotopic (exact) mass is 171 g/mol. The van der Waals surface area contributed by atoms with Gasteiger partial charge in [-0.3, -0.25) is 9.69 Å². The van der Waals surface area contributed by atoms with Crippen LogP contribution in [0.15, 0.2) is 0 Å². The zero-order valence-corrected chi connectivity index (χ0v) is 7.21. The Hall–Kier alpha value is -1.06. The summed E-state index contributed by atoms with van der Waals surface area (Å²) >= 11 is 0. The molecular formula is C8H13NO3. The Morgan fingerprint density at radius 1 is 1.67 bits per heavy atom. The molecule has 0 aromatic carbocycles. The molecule has 0 atom stereocenters. The molecule has 1 fully saturated rings. The lowest BCUT2D eigenvalue weighted by Gasteiger charge is -2.10. The maximum absolute atomic E-state index is 11.1. The summed E-state index contributed by atoms with van der Waals surface area (Å²) in [5.41, 5.74) is 0. The number of nitrogens with zero attached hydrogens (tertiary/aromatic N) is 1. The van der Waals surface area contributed by atoms with Crippen molar-refractivity contribution in [3.63, 3.8) is 0 Å². The lowest BCUT2D eigenvalue weighted by atomic mass is 10.2. The Morgan fingerprint density at radius 2 is 2.42 bits per heavy atom. The first kappa shape index (κ1) is 9.03. The predicted octanol–water partition coefficient (Wildman–Crippen LogP) is 0.808. The van der Waals surface area contributed by atoms with Crippen molar-refractivity contribution in [3.05, 3.63) is 0 Å². The number of ether oxygens (including phenoxy) is 1. The number of amides is 1. The van der Waals surface area contributed by atoms with Crippen LogP contribution < -0.4 is 0 Å². The van der Waals surface area contributed by atoms with Crippen molar-refractivity contribution >= 4 is 11.9 Å². The molecule has 4 nitrogen and oxygen atoms in total. The van der Waals surface area contributed by atoms with E-state index in [4.69, 9.17) is 0 Å². The molecule has 0 N–H and O–H groups in total. The fraction of sp³-hybridized carbons (Fsp3) is 0.750. The second-order valence-electron chi connectivity index (χ2n) is 2.82. The van der Waals surface area contributed by atoms with E-state index in [9.17, 15) is 9.59 Å². The van der Waals surface area contributed by atoms with E-state index in [0.717, 1.165) is 6.42 Å². The molecule has 0 spiro atoms. The average molecular weight is 171 g/mol. The first-order chi connectivity index (χ1) is 5.74. The molecule has 0 aromatic rings. The first-order valence-corrected chi connectivity index (χ1v) is 4.17. The number of Topliss-reactive ketones (excluding diaryl/α,β-unsaturated/α-hetero) is 1. The normalized spacial score (nSPS) is 16.4. The van der Waals surface area contributed by atoms with Gasteiger partial charge in [0, 0.05) is 6.42 Å². The van der Waals surface area contributed by atoms with Crippen molar-refractivity contribution in [2.45, 2.75) is 19.8 Å². The molecule has 1 aliphatic heterocycles. The fourth-order valence-corrected chi connectivity index (χ4v) is 1.14. The molecule has 0 aliphatic carbocycles. The molecule has 1 rings (SSSR count). The van der Waals surface area contributed by atoms with Gasteiger partial charge in [0.15, 0.2) is 5.78 Å². The van der Waals surface area contributed by atoms with Gasteiger partial charge < -0.3 is 4.74 Å². The second-order valence-corrected chi connectivity index (χ2v) is 2.82. The minimum absolute atomic E-state index is 0.108. The van der Waals surface area contributed by atoms with E-state index < -0.39 is 0 Å². The van der Waals surface area contributed by atoms with E-state index in [1.807, 2.05) is 6.92 Å². The van der Waals surface area contributed by atoms with Crippen molar-refractivity contribution in [2.24, 2.45) is 0 Å². The third-order valence-corrected chi connectivity index (χ3v) is 1.74. The summed E-state index contributed by atoms with van der Waals surface area (Å²) in [6, 6.07) is 0. The highest BCUT2D eigenvalue weighted by Gasteiger charge is 2.23. The van der Waals surface area contributed by atoms with E-state index >= 15 is 0 Å². The van der Waals surface area contributed by atoms with E-state index in [2.05, 4.69) is 4.74 Å². The van der Waals surface area contributed by atoms with Gasteiger partial charge in [0.2, 0.25) is 0 Å². The molecule has 0 saturated carbocycles. The molecule has 4 heteroatoms. The van der Waals surface area contributed by atoms with Crippen molar-refractivity contribution < 1.29 is 14.3 Å². The Kier molecular flexibility index (Phi) is 3.08. The zero-order valence-electron chi connectivity index (χ0n) is 7.21. The SMILES string of the molecule is CCCC(=O)CN1CCOC1=O. The molecule has 1 saturated heterocycles. The summed E-state index contributed by atoms with van der Waals surface area (Å²) < 4.78 is 4.68. The topological polar surface area (TPSA) is 46.6 Å². The third kappa shape index (κ3) is 2.22. The van der Waals surface area contributed by atoms with Crippen molar-refractivity contribution in [3.8, 4) is 0 Å². The smallest absolute Gasteiger partial charge is 0.410 e. The number of hydrogen-bond acceptors (Lipinski definition) is 3. The number of hydrogen-bond donors (Lipinski definition) is 0. The quantitative estimate of drug-likeness (QED) is 0.628. The number of ketones is 1. The maximum atomic E-state index is 11.1. The van der Waals surface area contributed by atoms with E-state index in [1.54, 1.807) is 0 Å². The summed E-state index contributed by atoms with van der Waals surface area (Å²) in [7, 11) is 0. The molecule has 0 unspecified atom stereocenters. The molecular weight excluding hydrogens is 158 g/mol. The van der Waals surface area contributed by atoms with E-state index in [-0.39, 0.29) is 18.4 Å². The van der Waals surface area contributed by atoms with Crippen LogP contribution in [0, 0.1) is 0 Å². The summed E-state index contributed by atoms with van der Waals surface area (Å²) in [5, 5.41) is 0. The van der Waals surface area contributed by atoms with Gasteiger partial charge in [-0.05, 0) is 6.42 Å². The van der Waals surface area contributed by atoms with Crippen LogP contribution in [0.3, 0.4) is 0 Å². The maximum Gasteiger partial charge on any atom is 0.410 e. The lowest BCUT2D eigenvalue weighted by molar-refractivity contribution is -0.119. The van der Waals surface area contributed by atoms with Crippen LogP contribution in [0.5, 0.6) is 0 Å². The Morgan fingerprint density at radius 3 is 2.92 bits per heavy atom. The predicted molar refractivity (Wildman–Crippen MR) is 42.8 cm³/mol. The average Bonchev–Trinajstić information content (AvgIpc) is 2.37. The number of carbonyl (C=O) groups excluding carboxylic acids is 2. The summed E-state index contributed by atoms with van der Waals surface area (Å²) in [6.45, 7) is 3.12. The third-order valence-electron chi connectivity index (χ3n) is 1.74. The van der Waals surface area contributed by atoms with Crippen LogP contribution in [-0.4, -0.2) is 36.5 Å². The molecule has 0 aromatic heterocycles. The van der Waals surface area contributed by atoms with E-state index in [0.29, 0.717) is 19.6 Å². The summed E-state index contributed by atoms with van der Waals surface area (Å²) in [4.78, 5) is 23.4. The van der Waals surface area contributed by atoms with Gasteiger partial charge in [0.05, 0.1) is 13.1 Å². The van der Waals surface area contributed by atoms with Crippen LogP contribution in [0.25, 0.3) is 0 Å². The molecule has 68 valence electrons. The highest BCUT2D eigenvalue weighted by molar-refractivity contribution is 5.84. The van der Waals surface area contributed by atoms with Gasteiger partial charge in [-0.1, -0.05) is 6.92 Å². The highest BCUT2D eigenvalue weighted by atomic mass is 16.6. The Bertz CT molecular complexity index is 191. The lowest BCUT2D eigenvalue weighted by Crippen LogP contribution is -2.30. The zero-order chi connectivity index (χ0) is 8.97. The van der Waals surface area contributed by atoms with Crippen LogP contribution in [0.1, 0.15) is 19.8 Å². The van der Waals surface area contributed by atoms with Crippen LogP contribution in [0.2, 0.25) is 0 Å². The molecule has 0 bridgehead atoms. The highest BCUT2D eigenvalue weighted by Crippen LogP contribution is 2.03. The first-order valence-electron chi connectivity index (χ1n) is 4.17. The molecule has 0 radical (unpaired) electrons. The van der Waals surface area contributed by atoms with Gasteiger partial charge >= 0.3 is 6.09 Å². The van der Waals surface area contributed by atoms with Gasteiger partial charge in [-0.15, -0.1) is 0 Å². The summed E-state index contributed by atoms with van der Waals surface area (Å²) in [5.74, 6) is 0.108. The number of rotatable bonds is 4. The fourth-order valence-electron chi connectivity index (χ4n) is 1.14. The van der Waals surface area contributed by atoms with E-state index in [1.165, 1.54) is 4.90 Å². The largest absolute Gasteiger partial charge is 0.448 e. The van der Waals surface area contributed by atoms with Crippen molar-refractivity contribution in [1.82, 2.24) is 4.90 Å². The van der Waals surface area contributed by atoms with Gasteiger partial charge in [-0.2, -0.15) is 0 Å². The molecule has 1 heterocycles. The minimum Gasteiger partial charge on any atom is -0.448 e. The van der Waals surface area contributed by atoms with Crippen LogP contribution in [-0.2, 0) is 9.53 Å². The van der Waals surface area contributed by atoms with Gasteiger partial charge in [0.1, 0.15) is 6.61 Å². The molecule has 1 aliphatic rings. The second kappa shape index (κ2) is 4.09. The van der Waals surface area contributed by atoms with Crippen LogP contribution >= 0.6 is 0 Å². The van der Waals surface area contributed by atoms with Crippen LogP contribution in [0.4, 0.5) is 4.79 Å². The molecule has 1 amide bonds. The number of carbonyl (C=O) groups is 2. The number of cyclic esters (lactones) is 1. The van der Waals surface area contributed by atoms with Gasteiger partial charge in [-0.25, -0.2) is 4.79 Å². The Balaban J connectivity index is 2.30. The van der Waals surface area contributed by atoms with Gasteiger partial charge in [0.25, 0.3) is 0 Å². The summed E-state index contributed by atoms with van der Waals surface area (Å²) in [6.07, 6.45) is 1.02. The van der Waals surface area contributed by atoms with Crippen molar-refractivity contribution in [1.29, 1.82) is 0 Å². The Labute approximate surface area is 71.5 Å². The van der Waals surface area contributed by atoms with Crippen molar-refractivity contribution in [2.75, 3.05) is 19.7 Å². The minimum atomic E-state index is -0.362. The standard InChI is InChI=1S/C8H13NO3/c1-2-3-7(10)6-9-4-5-12-8(9)11/h2-6H2,1H3.